The fraction of sp³-hybridized carbons (Fsp3) is 0. The van der Waals surface area contributed by atoms with E-state index in [1.807, 2.05) is 60.7 Å². The summed E-state index contributed by atoms with van der Waals surface area (Å²) in [5.41, 5.74) is 5.64. The average Bonchev–Trinajstić information content (AvgIpc) is 3.09. The third kappa shape index (κ3) is 2.54. The number of para-hydroxylation sites is 2. The molecule has 0 spiro atoms. The van der Waals surface area contributed by atoms with Crippen LogP contribution in [-0.4, -0.2) is 21.7 Å². The molecule has 0 saturated heterocycles. The molecular weight excluding hydrogens is 345 g/mol. The van der Waals surface area contributed by atoms with Gasteiger partial charge in [-0.05, 0) is 40.9 Å². The highest BCUT2D eigenvalue weighted by Gasteiger charge is 2.20. The van der Waals surface area contributed by atoms with Crippen molar-refractivity contribution in [1.29, 1.82) is 0 Å². The van der Waals surface area contributed by atoms with Crippen LogP contribution in [0.25, 0.3) is 38.6 Å². The first-order valence-electron chi connectivity index (χ1n) is 9.29. The summed E-state index contributed by atoms with van der Waals surface area (Å²) in [6.07, 6.45) is 0. The lowest BCUT2D eigenvalue weighted by molar-refractivity contribution is 0.426. The highest BCUT2D eigenvalue weighted by Crippen LogP contribution is 2.37. The highest BCUT2D eigenvalue weighted by atomic mass is 16.4. The molecule has 0 aliphatic rings. The molecule has 5 aromatic rings. The maximum absolute atomic E-state index is 9.88. The Morgan fingerprint density at radius 1 is 0.571 bits per heavy atom. The first-order chi connectivity index (χ1) is 13.8. The molecule has 4 heteroatoms. The van der Waals surface area contributed by atoms with Crippen molar-refractivity contribution in [2.45, 2.75) is 0 Å². The van der Waals surface area contributed by atoms with Crippen molar-refractivity contribution < 1.29 is 10.0 Å². The summed E-state index contributed by atoms with van der Waals surface area (Å²) in [4.78, 5) is 0. The molecule has 4 aromatic carbocycles. The topological polar surface area (TPSA) is 45.4 Å². The average molecular weight is 363 g/mol. The number of benzene rings is 4. The molecule has 2 N–H and O–H groups in total. The molecule has 0 amide bonds. The predicted octanol–water partition coefficient (Wildman–Crippen LogP) is 4.13. The first kappa shape index (κ1) is 16.8. The molecular formula is C24H18BNO2. The van der Waals surface area contributed by atoms with Crippen LogP contribution in [0, 0.1) is 0 Å². The Balaban J connectivity index is 1.93. The van der Waals surface area contributed by atoms with E-state index in [0.717, 1.165) is 38.6 Å². The molecule has 3 nitrogen and oxygen atoms in total. The summed E-state index contributed by atoms with van der Waals surface area (Å²) in [6.45, 7) is 0. The minimum Gasteiger partial charge on any atom is -0.423 e. The van der Waals surface area contributed by atoms with Gasteiger partial charge in [-0.15, -0.1) is 0 Å². The van der Waals surface area contributed by atoms with E-state index in [4.69, 9.17) is 0 Å². The Bertz CT molecular complexity index is 1290. The zero-order valence-corrected chi connectivity index (χ0v) is 15.2. The molecule has 0 bridgehead atoms. The van der Waals surface area contributed by atoms with Crippen LogP contribution in [0.5, 0.6) is 0 Å². The van der Waals surface area contributed by atoms with Crippen LogP contribution >= 0.6 is 0 Å². The summed E-state index contributed by atoms with van der Waals surface area (Å²) in [6, 6.07) is 32.3. The minimum atomic E-state index is -1.52. The Morgan fingerprint density at radius 3 is 2.04 bits per heavy atom. The van der Waals surface area contributed by atoms with E-state index in [1.165, 1.54) is 0 Å². The van der Waals surface area contributed by atoms with Crippen LogP contribution in [-0.2, 0) is 0 Å². The molecule has 0 radical (unpaired) electrons. The molecule has 0 saturated carbocycles. The van der Waals surface area contributed by atoms with Gasteiger partial charge < -0.3 is 14.6 Å². The van der Waals surface area contributed by atoms with Crippen molar-refractivity contribution >= 4 is 34.4 Å². The van der Waals surface area contributed by atoms with E-state index < -0.39 is 7.12 Å². The van der Waals surface area contributed by atoms with Gasteiger partial charge in [0.2, 0.25) is 0 Å². The van der Waals surface area contributed by atoms with Gasteiger partial charge in [-0.25, -0.2) is 0 Å². The summed E-state index contributed by atoms with van der Waals surface area (Å²) < 4.78 is 2.26. The number of rotatable bonds is 3. The van der Waals surface area contributed by atoms with Crippen LogP contribution < -0.4 is 5.46 Å². The molecule has 0 fully saturated rings. The number of hydrogen-bond donors (Lipinski definition) is 2. The van der Waals surface area contributed by atoms with Crippen molar-refractivity contribution in [3.63, 3.8) is 0 Å². The molecule has 0 unspecified atom stereocenters. The van der Waals surface area contributed by atoms with Crippen molar-refractivity contribution in [3.8, 4) is 16.8 Å². The fourth-order valence-electron chi connectivity index (χ4n) is 4.07. The van der Waals surface area contributed by atoms with Gasteiger partial charge in [-0.1, -0.05) is 72.8 Å². The predicted molar refractivity (Wildman–Crippen MR) is 116 cm³/mol. The van der Waals surface area contributed by atoms with Gasteiger partial charge in [0, 0.05) is 16.5 Å². The van der Waals surface area contributed by atoms with E-state index in [1.54, 1.807) is 6.07 Å². The Kier molecular flexibility index (Phi) is 4.01. The molecule has 0 atom stereocenters. The third-order valence-corrected chi connectivity index (χ3v) is 5.24. The van der Waals surface area contributed by atoms with Crippen LogP contribution in [0.4, 0.5) is 0 Å². The Morgan fingerprint density at radius 2 is 1.21 bits per heavy atom. The molecule has 1 heterocycles. The molecule has 134 valence electrons. The van der Waals surface area contributed by atoms with Gasteiger partial charge in [0.15, 0.2) is 0 Å². The second kappa shape index (κ2) is 6.68. The van der Waals surface area contributed by atoms with E-state index in [-0.39, 0.29) is 0 Å². The van der Waals surface area contributed by atoms with E-state index in [0.29, 0.717) is 5.46 Å². The van der Waals surface area contributed by atoms with Crippen molar-refractivity contribution in [2.24, 2.45) is 0 Å². The van der Waals surface area contributed by atoms with Crippen LogP contribution in [0.15, 0.2) is 97.1 Å². The van der Waals surface area contributed by atoms with Crippen LogP contribution in [0.1, 0.15) is 0 Å². The number of fused-ring (bicyclic) bond motifs is 3. The van der Waals surface area contributed by atoms with Gasteiger partial charge in [0.25, 0.3) is 0 Å². The molecule has 0 aliphatic carbocycles. The SMILES string of the molecule is OB(O)c1ccccc1-c1cccc2c1c1ccccc1n2-c1ccccc1. The van der Waals surface area contributed by atoms with Gasteiger partial charge in [-0.3, -0.25) is 0 Å². The summed E-state index contributed by atoms with van der Waals surface area (Å²) in [5.74, 6) is 0. The smallest absolute Gasteiger partial charge is 0.423 e. The second-order valence-corrected chi connectivity index (χ2v) is 6.85. The lowest BCUT2D eigenvalue weighted by atomic mass is 9.75. The molecule has 5 rings (SSSR count). The standard InChI is InChI=1S/C24H18BNO2/c27-25(28)21-14-6-4-11-18(21)19-13-8-16-23-24(19)20-12-5-7-15-22(20)26(23)17-9-2-1-3-10-17/h1-16,27-28H. The van der Waals surface area contributed by atoms with E-state index in [2.05, 4.69) is 34.9 Å². The van der Waals surface area contributed by atoms with Crippen molar-refractivity contribution in [2.75, 3.05) is 0 Å². The number of nitrogens with zero attached hydrogens (tertiary/aromatic N) is 1. The first-order valence-corrected chi connectivity index (χ1v) is 9.29. The Labute approximate surface area is 163 Å². The fourth-order valence-corrected chi connectivity index (χ4v) is 4.07. The van der Waals surface area contributed by atoms with Gasteiger partial charge in [0.1, 0.15) is 0 Å². The zero-order valence-electron chi connectivity index (χ0n) is 15.2. The third-order valence-electron chi connectivity index (χ3n) is 5.24. The lowest BCUT2D eigenvalue weighted by Gasteiger charge is -2.11. The summed E-state index contributed by atoms with van der Waals surface area (Å²) in [5, 5.41) is 22.0. The Hall–Kier alpha value is -3.34. The zero-order chi connectivity index (χ0) is 19.1. The monoisotopic (exact) mass is 363 g/mol. The van der Waals surface area contributed by atoms with Gasteiger partial charge >= 0.3 is 7.12 Å². The largest absolute Gasteiger partial charge is 0.489 e. The van der Waals surface area contributed by atoms with Crippen LogP contribution in [0.2, 0.25) is 0 Å². The van der Waals surface area contributed by atoms with Crippen molar-refractivity contribution in [3.05, 3.63) is 97.1 Å². The number of aromatic nitrogens is 1. The van der Waals surface area contributed by atoms with Gasteiger partial charge in [0.05, 0.1) is 11.0 Å². The highest BCUT2D eigenvalue weighted by molar-refractivity contribution is 6.60. The van der Waals surface area contributed by atoms with E-state index >= 15 is 0 Å². The maximum atomic E-state index is 9.88. The molecule has 0 aliphatic heterocycles. The normalized spacial score (nSPS) is 11.2. The van der Waals surface area contributed by atoms with Crippen LogP contribution in [0.3, 0.4) is 0 Å². The lowest BCUT2D eigenvalue weighted by Crippen LogP contribution is -2.31. The van der Waals surface area contributed by atoms with E-state index in [9.17, 15) is 10.0 Å². The molecule has 1 aromatic heterocycles. The quantitative estimate of drug-likeness (QED) is 0.474. The second-order valence-electron chi connectivity index (χ2n) is 6.85. The summed E-state index contributed by atoms with van der Waals surface area (Å²) in [7, 11) is -1.52. The summed E-state index contributed by atoms with van der Waals surface area (Å²) >= 11 is 0. The number of hydrogen-bond acceptors (Lipinski definition) is 2. The minimum absolute atomic E-state index is 0.506. The maximum Gasteiger partial charge on any atom is 0.489 e. The van der Waals surface area contributed by atoms with Gasteiger partial charge in [-0.2, -0.15) is 0 Å². The van der Waals surface area contributed by atoms with Crippen molar-refractivity contribution in [1.82, 2.24) is 4.57 Å². The molecule has 28 heavy (non-hydrogen) atoms.